The topological polar surface area (TPSA) is 63.1 Å². The molecule has 0 saturated heterocycles. The van der Waals surface area contributed by atoms with Crippen LogP contribution in [0.2, 0.25) is 0 Å². The normalized spacial score (nSPS) is 10.2. The molecule has 17 heavy (non-hydrogen) atoms. The van der Waals surface area contributed by atoms with Gasteiger partial charge < -0.3 is 5.11 Å². The lowest BCUT2D eigenvalue weighted by Gasteiger charge is -2.06. The van der Waals surface area contributed by atoms with Gasteiger partial charge in [-0.2, -0.15) is 0 Å². The molecule has 2 aromatic rings. The number of aromatic carboxylic acids is 1. The third-order valence-corrected chi connectivity index (χ3v) is 2.28. The first-order chi connectivity index (χ1) is 8.09. The average molecular weight is 232 g/mol. The van der Waals surface area contributed by atoms with Gasteiger partial charge in [0, 0.05) is 17.3 Å². The fourth-order valence-corrected chi connectivity index (χ4v) is 1.51. The molecule has 0 spiro atoms. The van der Waals surface area contributed by atoms with Crippen molar-refractivity contribution in [3.63, 3.8) is 0 Å². The Kier molecular flexibility index (Phi) is 2.82. The molecule has 1 heterocycles. The maximum absolute atomic E-state index is 13.6. The summed E-state index contributed by atoms with van der Waals surface area (Å²) >= 11 is 0. The van der Waals surface area contributed by atoms with Crippen molar-refractivity contribution in [3.05, 3.63) is 47.8 Å². The summed E-state index contributed by atoms with van der Waals surface area (Å²) in [4.78, 5) is 18.8. The molecule has 4 nitrogen and oxygen atoms in total. The number of rotatable bonds is 2. The zero-order valence-electron chi connectivity index (χ0n) is 9.01. The largest absolute Gasteiger partial charge is 0.476 e. The number of carbonyl (C=O) groups is 1. The highest BCUT2D eigenvalue weighted by Crippen LogP contribution is 2.24. The number of aromatic nitrogens is 2. The lowest BCUT2D eigenvalue weighted by Crippen LogP contribution is -2.06. The number of carboxylic acids is 1. The maximum atomic E-state index is 13.6. The number of aryl methyl sites for hydroxylation is 1. The Morgan fingerprint density at radius 2 is 2.00 bits per heavy atom. The molecule has 1 aromatic heterocycles. The van der Waals surface area contributed by atoms with E-state index in [0.717, 1.165) is 0 Å². The first kappa shape index (κ1) is 11.2. The van der Waals surface area contributed by atoms with Gasteiger partial charge in [-0.15, -0.1) is 0 Å². The van der Waals surface area contributed by atoms with Crippen molar-refractivity contribution in [1.29, 1.82) is 0 Å². The highest BCUT2D eigenvalue weighted by Gasteiger charge is 2.16. The Balaban J connectivity index is 2.68. The zero-order valence-corrected chi connectivity index (χ0v) is 9.01. The van der Waals surface area contributed by atoms with Crippen molar-refractivity contribution >= 4 is 5.97 Å². The van der Waals surface area contributed by atoms with E-state index in [1.54, 1.807) is 13.0 Å². The lowest BCUT2D eigenvalue weighted by atomic mass is 10.1. The Hall–Kier alpha value is -2.30. The fourth-order valence-electron chi connectivity index (χ4n) is 1.51. The monoisotopic (exact) mass is 232 g/mol. The van der Waals surface area contributed by atoms with Crippen molar-refractivity contribution in [2.45, 2.75) is 6.92 Å². The number of halogens is 1. The van der Waals surface area contributed by atoms with Crippen LogP contribution in [0.15, 0.2) is 30.5 Å². The molecule has 0 radical (unpaired) electrons. The third kappa shape index (κ3) is 2.13. The Labute approximate surface area is 96.8 Å². The molecule has 0 amide bonds. The van der Waals surface area contributed by atoms with Crippen molar-refractivity contribution in [2.24, 2.45) is 0 Å². The molecule has 0 aliphatic heterocycles. The minimum atomic E-state index is -1.20. The third-order valence-electron chi connectivity index (χ3n) is 2.28. The van der Waals surface area contributed by atoms with E-state index in [9.17, 15) is 9.18 Å². The number of carboxylic acid groups (broad SMARTS) is 1. The number of benzene rings is 1. The summed E-state index contributed by atoms with van der Waals surface area (Å²) in [7, 11) is 0. The summed E-state index contributed by atoms with van der Waals surface area (Å²) in [5.41, 5.74) is 0.175. The van der Waals surface area contributed by atoms with Crippen LogP contribution in [-0.4, -0.2) is 21.0 Å². The van der Waals surface area contributed by atoms with Gasteiger partial charge in [0.1, 0.15) is 11.6 Å². The van der Waals surface area contributed by atoms with Gasteiger partial charge >= 0.3 is 5.97 Å². The predicted molar refractivity (Wildman–Crippen MR) is 59.1 cm³/mol. The van der Waals surface area contributed by atoms with E-state index >= 15 is 0 Å². The van der Waals surface area contributed by atoms with Gasteiger partial charge in [-0.25, -0.2) is 19.2 Å². The van der Waals surface area contributed by atoms with Gasteiger partial charge in [0.2, 0.25) is 0 Å². The second-order valence-corrected chi connectivity index (χ2v) is 3.46. The van der Waals surface area contributed by atoms with Crippen LogP contribution < -0.4 is 0 Å². The molecule has 0 fully saturated rings. The lowest BCUT2D eigenvalue weighted by molar-refractivity contribution is 0.0691. The molecule has 0 aliphatic rings. The summed E-state index contributed by atoms with van der Waals surface area (Å²) in [5, 5.41) is 9.03. The van der Waals surface area contributed by atoms with E-state index < -0.39 is 11.8 Å². The molecule has 0 bridgehead atoms. The van der Waals surface area contributed by atoms with Crippen LogP contribution in [-0.2, 0) is 0 Å². The van der Waals surface area contributed by atoms with Gasteiger partial charge in [-0.1, -0.05) is 18.2 Å². The Morgan fingerprint density at radius 3 is 2.65 bits per heavy atom. The highest BCUT2D eigenvalue weighted by atomic mass is 19.1. The Bertz CT molecular complexity index is 584. The number of hydrogen-bond donors (Lipinski definition) is 1. The van der Waals surface area contributed by atoms with Crippen LogP contribution >= 0.6 is 0 Å². The summed E-state index contributed by atoms with van der Waals surface area (Å²) in [6.45, 7) is 1.58. The summed E-state index contributed by atoms with van der Waals surface area (Å²) in [6.07, 6.45) is 1.32. The first-order valence-corrected chi connectivity index (χ1v) is 4.91. The fraction of sp³-hybridized carbons (Fsp3) is 0.0833. The van der Waals surface area contributed by atoms with Crippen molar-refractivity contribution < 1.29 is 14.3 Å². The minimum absolute atomic E-state index is 0.182. The first-order valence-electron chi connectivity index (χ1n) is 4.91. The highest BCUT2D eigenvalue weighted by molar-refractivity contribution is 5.93. The summed E-state index contributed by atoms with van der Waals surface area (Å²) < 4.78 is 13.6. The van der Waals surface area contributed by atoms with Gasteiger partial charge in [-0.05, 0) is 13.0 Å². The molecule has 2 rings (SSSR count). The molecule has 0 unspecified atom stereocenters. The minimum Gasteiger partial charge on any atom is -0.476 e. The molecular formula is C12H9FN2O2. The second-order valence-electron chi connectivity index (χ2n) is 3.46. The van der Waals surface area contributed by atoms with Crippen molar-refractivity contribution in [3.8, 4) is 11.1 Å². The summed E-state index contributed by atoms with van der Waals surface area (Å²) in [5.74, 6) is -1.36. The second kappa shape index (κ2) is 4.29. The number of hydrogen-bond acceptors (Lipinski definition) is 3. The Morgan fingerprint density at radius 1 is 1.29 bits per heavy atom. The molecule has 0 atom stereocenters. The van der Waals surface area contributed by atoms with Crippen LogP contribution in [0, 0.1) is 12.7 Å². The molecule has 0 aliphatic carbocycles. The van der Waals surface area contributed by atoms with Crippen LogP contribution in [0.5, 0.6) is 0 Å². The van der Waals surface area contributed by atoms with Crippen LogP contribution in [0.3, 0.4) is 0 Å². The molecule has 5 heteroatoms. The van der Waals surface area contributed by atoms with E-state index in [0.29, 0.717) is 5.82 Å². The van der Waals surface area contributed by atoms with E-state index in [1.165, 1.54) is 24.4 Å². The smallest absolute Gasteiger partial charge is 0.355 e. The zero-order chi connectivity index (χ0) is 12.4. The van der Waals surface area contributed by atoms with Crippen molar-refractivity contribution in [1.82, 2.24) is 9.97 Å². The van der Waals surface area contributed by atoms with Crippen LogP contribution in [0.1, 0.15) is 16.3 Å². The maximum Gasteiger partial charge on any atom is 0.355 e. The van der Waals surface area contributed by atoms with E-state index in [1.807, 2.05) is 0 Å². The number of nitrogens with zero attached hydrogens (tertiary/aromatic N) is 2. The predicted octanol–water partition coefficient (Wildman–Crippen LogP) is 2.29. The van der Waals surface area contributed by atoms with Gasteiger partial charge in [0.05, 0.1) is 0 Å². The van der Waals surface area contributed by atoms with Crippen molar-refractivity contribution in [2.75, 3.05) is 0 Å². The van der Waals surface area contributed by atoms with Crippen LogP contribution in [0.25, 0.3) is 11.1 Å². The van der Waals surface area contributed by atoms with E-state index in [-0.39, 0.29) is 16.8 Å². The van der Waals surface area contributed by atoms with Gasteiger partial charge in [-0.3, -0.25) is 0 Å². The molecule has 86 valence electrons. The van der Waals surface area contributed by atoms with Gasteiger partial charge in [0.15, 0.2) is 5.69 Å². The quantitative estimate of drug-likeness (QED) is 0.862. The summed E-state index contributed by atoms with van der Waals surface area (Å²) in [6, 6.07) is 5.93. The van der Waals surface area contributed by atoms with Crippen LogP contribution in [0.4, 0.5) is 4.39 Å². The van der Waals surface area contributed by atoms with E-state index in [4.69, 9.17) is 5.11 Å². The average Bonchev–Trinajstić information content (AvgIpc) is 2.30. The molecule has 0 saturated carbocycles. The SMILES string of the molecule is Cc1ncc(-c2ccccc2F)c(C(=O)O)n1. The molecule has 1 aromatic carbocycles. The van der Waals surface area contributed by atoms with E-state index in [2.05, 4.69) is 9.97 Å². The molecule has 1 N–H and O–H groups in total. The van der Waals surface area contributed by atoms with Gasteiger partial charge in [0.25, 0.3) is 0 Å². The molecular weight excluding hydrogens is 223 g/mol. The standard InChI is InChI=1S/C12H9FN2O2/c1-7-14-6-9(11(15-7)12(16)17)8-4-2-3-5-10(8)13/h2-6H,1H3,(H,16,17).